The number of ketones is 1. The van der Waals surface area contributed by atoms with Gasteiger partial charge in [0.1, 0.15) is 13.2 Å². The van der Waals surface area contributed by atoms with Gasteiger partial charge in [-0.25, -0.2) is 4.79 Å². The van der Waals surface area contributed by atoms with Gasteiger partial charge >= 0.3 is 5.97 Å². The Morgan fingerprint density at radius 1 is 1.04 bits per heavy atom. The van der Waals surface area contributed by atoms with Crippen LogP contribution in [0, 0.1) is 6.92 Å². The molecule has 0 aromatic heterocycles. The van der Waals surface area contributed by atoms with E-state index in [2.05, 4.69) is 0 Å². The summed E-state index contributed by atoms with van der Waals surface area (Å²) >= 11 is 0. The van der Waals surface area contributed by atoms with Gasteiger partial charge in [-0.05, 0) is 36.8 Å². The lowest BCUT2D eigenvalue weighted by atomic mass is 10.1. The first-order chi connectivity index (χ1) is 11.1. The molecule has 0 spiro atoms. The zero-order valence-corrected chi connectivity index (χ0v) is 12.7. The predicted octanol–water partition coefficient (Wildman–Crippen LogP) is 2.81. The number of Topliss-reactive ketones (excluding diaryl/α,β-unsaturated/α-hetero) is 1. The van der Waals surface area contributed by atoms with Crippen LogP contribution in [0.4, 0.5) is 0 Å². The van der Waals surface area contributed by atoms with Gasteiger partial charge in [-0.15, -0.1) is 0 Å². The molecule has 0 bridgehead atoms. The van der Waals surface area contributed by atoms with Crippen molar-refractivity contribution in [3.8, 4) is 11.5 Å². The second kappa shape index (κ2) is 6.52. The first kappa shape index (κ1) is 15.1. The molecule has 2 aromatic carbocycles. The molecule has 0 atom stereocenters. The van der Waals surface area contributed by atoms with Gasteiger partial charge in [0.25, 0.3) is 0 Å². The summed E-state index contributed by atoms with van der Waals surface area (Å²) in [6.07, 6.45) is 0. The van der Waals surface area contributed by atoms with Gasteiger partial charge in [0.05, 0.1) is 5.56 Å². The monoisotopic (exact) mass is 312 g/mol. The summed E-state index contributed by atoms with van der Waals surface area (Å²) in [6.45, 7) is 2.45. The standard InChI is InChI=1S/C18H16O5/c1-12-4-2-3-5-14(12)18(20)23-11-15(19)13-6-7-16-17(10-13)22-9-8-21-16/h2-7,10H,8-9,11H2,1H3. The van der Waals surface area contributed by atoms with Gasteiger partial charge in [0, 0.05) is 5.56 Å². The molecular formula is C18H16O5. The van der Waals surface area contributed by atoms with Crippen molar-refractivity contribution in [1.82, 2.24) is 0 Å². The highest BCUT2D eigenvalue weighted by atomic mass is 16.6. The number of rotatable bonds is 4. The van der Waals surface area contributed by atoms with E-state index in [0.29, 0.717) is 35.8 Å². The average Bonchev–Trinajstić information content (AvgIpc) is 2.59. The Kier molecular flexibility index (Phi) is 4.28. The summed E-state index contributed by atoms with van der Waals surface area (Å²) in [7, 11) is 0. The van der Waals surface area contributed by atoms with E-state index in [9.17, 15) is 9.59 Å². The largest absolute Gasteiger partial charge is 0.486 e. The van der Waals surface area contributed by atoms with Crippen molar-refractivity contribution in [1.29, 1.82) is 0 Å². The first-order valence-electron chi connectivity index (χ1n) is 7.31. The van der Waals surface area contributed by atoms with Gasteiger partial charge in [0.2, 0.25) is 0 Å². The second-order valence-electron chi connectivity index (χ2n) is 5.17. The van der Waals surface area contributed by atoms with Crippen molar-refractivity contribution in [3.05, 3.63) is 59.2 Å². The third-order valence-electron chi connectivity index (χ3n) is 3.56. The predicted molar refractivity (Wildman–Crippen MR) is 83.2 cm³/mol. The number of hydrogen-bond donors (Lipinski definition) is 0. The summed E-state index contributed by atoms with van der Waals surface area (Å²) in [5, 5.41) is 0. The molecule has 0 saturated heterocycles. The van der Waals surface area contributed by atoms with Crippen molar-refractivity contribution < 1.29 is 23.8 Å². The number of ether oxygens (including phenoxy) is 3. The Morgan fingerprint density at radius 3 is 2.57 bits per heavy atom. The molecule has 5 heteroatoms. The van der Waals surface area contributed by atoms with E-state index in [-0.39, 0.29) is 12.4 Å². The third-order valence-corrected chi connectivity index (χ3v) is 3.56. The topological polar surface area (TPSA) is 61.8 Å². The molecule has 1 heterocycles. The van der Waals surface area contributed by atoms with E-state index in [1.165, 1.54) is 0 Å². The zero-order valence-electron chi connectivity index (χ0n) is 12.7. The minimum atomic E-state index is -0.506. The fourth-order valence-corrected chi connectivity index (χ4v) is 2.31. The molecule has 0 radical (unpaired) electrons. The zero-order chi connectivity index (χ0) is 16.2. The highest BCUT2D eigenvalue weighted by Gasteiger charge is 2.17. The Morgan fingerprint density at radius 2 is 1.78 bits per heavy atom. The maximum Gasteiger partial charge on any atom is 0.338 e. The molecule has 3 rings (SSSR count). The van der Waals surface area contributed by atoms with Crippen LogP contribution in [0.1, 0.15) is 26.3 Å². The van der Waals surface area contributed by atoms with Crippen LogP contribution in [0.5, 0.6) is 11.5 Å². The Labute approximate surface area is 133 Å². The summed E-state index contributed by atoms with van der Waals surface area (Å²) < 4.78 is 16.0. The van der Waals surface area contributed by atoms with Gasteiger partial charge in [-0.2, -0.15) is 0 Å². The third kappa shape index (κ3) is 3.34. The number of hydrogen-bond acceptors (Lipinski definition) is 5. The van der Waals surface area contributed by atoms with Gasteiger partial charge in [-0.3, -0.25) is 4.79 Å². The maximum atomic E-state index is 12.2. The first-order valence-corrected chi connectivity index (χ1v) is 7.31. The lowest BCUT2D eigenvalue weighted by Crippen LogP contribution is -2.17. The van der Waals surface area contributed by atoms with Crippen molar-refractivity contribution in [2.24, 2.45) is 0 Å². The molecule has 118 valence electrons. The van der Waals surface area contributed by atoms with E-state index >= 15 is 0 Å². The average molecular weight is 312 g/mol. The van der Waals surface area contributed by atoms with E-state index in [1.54, 1.807) is 30.3 Å². The van der Waals surface area contributed by atoms with Gasteiger partial charge in [0.15, 0.2) is 23.9 Å². The van der Waals surface area contributed by atoms with Gasteiger partial charge in [-0.1, -0.05) is 18.2 Å². The van der Waals surface area contributed by atoms with Crippen molar-refractivity contribution in [2.45, 2.75) is 6.92 Å². The van der Waals surface area contributed by atoms with Crippen molar-refractivity contribution in [3.63, 3.8) is 0 Å². The SMILES string of the molecule is Cc1ccccc1C(=O)OCC(=O)c1ccc2c(c1)OCCO2. The van der Waals surface area contributed by atoms with E-state index in [1.807, 2.05) is 19.1 Å². The van der Waals surface area contributed by atoms with Crippen LogP contribution >= 0.6 is 0 Å². The number of carbonyl (C=O) groups excluding carboxylic acids is 2. The molecule has 2 aromatic rings. The molecular weight excluding hydrogens is 296 g/mol. The van der Waals surface area contributed by atoms with Crippen LogP contribution in [0.3, 0.4) is 0 Å². The Balaban J connectivity index is 1.66. The second-order valence-corrected chi connectivity index (χ2v) is 5.17. The lowest BCUT2D eigenvalue weighted by molar-refractivity contribution is 0.0474. The summed E-state index contributed by atoms with van der Waals surface area (Å²) in [4.78, 5) is 24.2. The van der Waals surface area contributed by atoms with Crippen molar-refractivity contribution >= 4 is 11.8 Å². The highest BCUT2D eigenvalue weighted by molar-refractivity contribution is 6.00. The number of carbonyl (C=O) groups is 2. The van der Waals surface area contributed by atoms with Crippen LogP contribution in [-0.4, -0.2) is 31.6 Å². The smallest absolute Gasteiger partial charge is 0.338 e. The van der Waals surface area contributed by atoms with Crippen LogP contribution in [-0.2, 0) is 4.74 Å². The van der Waals surface area contributed by atoms with Crippen molar-refractivity contribution in [2.75, 3.05) is 19.8 Å². The molecule has 5 nitrogen and oxygen atoms in total. The molecule has 0 saturated carbocycles. The number of esters is 1. The number of aryl methyl sites for hydroxylation is 1. The summed E-state index contributed by atoms with van der Waals surface area (Å²) in [6, 6.07) is 12.0. The fraction of sp³-hybridized carbons (Fsp3) is 0.222. The van der Waals surface area contributed by atoms with Crippen LogP contribution in [0.25, 0.3) is 0 Å². The molecule has 0 amide bonds. The number of fused-ring (bicyclic) bond motifs is 1. The van der Waals surface area contributed by atoms with Gasteiger partial charge < -0.3 is 14.2 Å². The molecule has 0 aliphatic carbocycles. The number of benzene rings is 2. The molecule has 23 heavy (non-hydrogen) atoms. The highest BCUT2D eigenvalue weighted by Crippen LogP contribution is 2.30. The van der Waals surface area contributed by atoms with Crippen LogP contribution in [0.2, 0.25) is 0 Å². The lowest BCUT2D eigenvalue weighted by Gasteiger charge is -2.18. The minimum Gasteiger partial charge on any atom is -0.486 e. The van der Waals surface area contributed by atoms with E-state index < -0.39 is 5.97 Å². The Hall–Kier alpha value is -2.82. The van der Waals surface area contributed by atoms with Crippen LogP contribution < -0.4 is 9.47 Å². The maximum absolute atomic E-state index is 12.2. The van der Waals surface area contributed by atoms with Crippen LogP contribution in [0.15, 0.2) is 42.5 Å². The molecule has 0 N–H and O–H groups in total. The summed E-state index contributed by atoms with van der Waals surface area (Å²) in [5.74, 6) is 0.356. The molecule has 1 aliphatic rings. The molecule has 1 aliphatic heterocycles. The molecule has 0 unspecified atom stereocenters. The Bertz CT molecular complexity index is 751. The quantitative estimate of drug-likeness (QED) is 0.642. The van der Waals surface area contributed by atoms with E-state index in [4.69, 9.17) is 14.2 Å². The normalized spacial score (nSPS) is 12.6. The molecule has 0 fully saturated rings. The summed E-state index contributed by atoms with van der Waals surface area (Å²) in [5.41, 5.74) is 1.69. The van der Waals surface area contributed by atoms with E-state index in [0.717, 1.165) is 5.56 Å². The minimum absolute atomic E-state index is 0.288. The fourth-order valence-electron chi connectivity index (χ4n) is 2.31.